The summed E-state index contributed by atoms with van der Waals surface area (Å²) >= 11 is 0. The Hall–Kier alpha value is -4.65. The molecule has 0 radical (unpaired) electrons. The van der Waals surface area contributed by atoms with Crippen molar-refractivity contribution in [1.29, 1.82) is 0 Å². The maximum Gasteiger partial charge on any atom is 0.343 e. The van der Waals surface area contributed by atoms with Crippen LogP contribution in [0.2, 0.25) is 0 Å². The predicted molar refractivity (Wildman–Crippen MR) is 139 cm³/mol. The first-order chi connectivity index (χ1) is 17.5. The Kier molecular flexibility index (Phi) is 7.93. The smallest absolute Gasteiger partial charge is 0.343 e. The van der Waals surface area contributed by atoms with Gasteiger partial charge in [0.1, 0.15) is 17.2 Å². The summed E-state index contributed by atoms with van der Waals surface area (Å²) in [5.41, 5.74) is 4.45. The second-order valence-corrected chi connectivity index (χ2v) is 7.94. The molecule has 7 heteroatoms. The third kappa shape index (κ3) is 6.27. The molecule has 4 aromatic carbocycles. The highest BCUT2D eigenvalue weighted by molar-refractivity contribution is 6.04. The lowest BCUT2D eigenvalue weighted by atomic mass is 10.0. The molecule has 0 aromatic heterocycles. The van der Waals surface area contributed by atoms with E-state index in [1.54, 1.807) is 36.4 Å². The number of esters is 1. The van der Waals surface area contributed by atoms with Crippen molar-refractivity contribution in [3.8, 4) is 17.2 Å². The zero-order valence-corrected chi connectivity index (χ0v) is 20.1. The number of nitrogens with zero attached hydrogens (tertiary/aromatic N) is 1. The Labute approximate surface area is 209 Å². The van der Waals surface area contributed by atoms with Crippen LogP contribution in [0.25, 0.3) is 10.8 Å². The standard InChI is InChI=1S/C29H26N2O5/c1-3-34-23-14-11-22(12-15-23)29(33)36-27-16-13-21-8-4-5-10-25(21)26(27)18-30-31-28(32)19-35-24-9-6-7-20(2)17-24/h4-18H,3,19H2,1-2H3,(H,31,32). The molecule has 0 saturated heterocycles. The minimum atomic E-state index is -0.515. The number of fused-ring (bicyclic) bond motifs is 1. The summed E-state index contributed by atoms with van der Waals surface area (Å²) in [5, 5.41) is 5.84. The average Bonchev–Trinajstić information content (AvgIpc) is 2.89. The summed E-state index contributed by atoms with van der Waals surface area (Å²) in [4.78, 5) is 25.0. The molecule has 182 valence electrons. The Bertz CT molecular complexity index is 1400. The number of hydrogen-bond donors (Lipinski definition) is 1. The van der Waals surface area contributed by atoms with Gasteiger partial charge >= 0.3 is 5.97 Å². The van der Waals surface area contributed by atoms with E-state index in [0.29, 0.717) is 35.0 Å². The van der Waals surface area contributed by atoms with Crippen molar-refractivity contribution in [2.45, 2.75) is 13.8 Å². The first-order valence-electron chi connectivity index (χ1n) is 11.5. The van der Waals surface area contributed by atoms with Crippen LogP contribution in [0.1, 0.15) is 28.4 Å². The molecule has 0 aliphatic carbocycles. The fourth-order valence-electron chi connectivity index (χ4n) is 3.57. The van der Waals surface area contributed by atoms with Crippen molar-refractivity contribution in [3.05, 3.63) is 102 Å². The summed E-state index contributed by atoms with van der Waals surface area (Å²) in [6.45, 7) is 4.19. The van der Waals surface area contributed by atoms with E-state index in [9.17, 15) is 9.59 Å². The quantitative estimate of drug-likeness (QED) is 0.152. The second kappa shape index (κ2) is 11.7. The highest BCUT2D eigenvalue weighted by atomic mass is 16.5. The topological polar surface area (TPSA) is 86.2 Å². The van der Waals surface area contributed by atoms with Gasteiger partial charge < -0.3 is 14.2 Å². The maximum absolute atomic E-state index is 12.8. The molecule has 0 aliphatic heterocycles. The largest absolute Gasteiger partial charge is 0.494 e. The van der Waals surface area contributed by atoms with Gasteiger partial charge in [-0.25, -0.2) is 10.2 Å². The van der Waals surface area contributed by atoms with Gasteiger partial charge in [0, 0.05) is 5.56 Å². The lowest BCUT2D eigenvalue weighted by molar-refractivity contribution is -0.123. The third-order valence-electron chi connectivity index (χ3n) is 5.28. The van der Waals surface area contributed by atoms with Crippen molar-refractivity contribution in [2.24, 2.45) is 5.10 Å². The van der Waals surface area contributed by atoms with Crippen molar-refractivity contribution in [2.75, 3.05) is 13.2 Å². The number of amides is 1. The molecule has 0 aliphatic rings. The summed E-state index contributed by atoms with van der Waals surface area (Å²) in [6.07, 6.45) is 1.47. The summed E-state index contributed by atoms with van der Waals surface area (Å²) < 4.78 is 16.6. The maximum atomic E-state index is 12.8. The fraction of sp³-hybridized carbons (Fsp3) is 0.138. The van der Waals surface area contributed by atoms with E-state index >= 15 is 0 Å². The molecule has 0 spiro atoms. The van der Waals surface area contributed by atoms with E-state index in [2.05, 4.69) is 10.5 Å². The lowest BCUT2D eigenvalue weighted by Gasteiger charge is -2.11. The molecule has 0 bridgehead atoms. The third-order valence-corrected chi connectivity index (χ3v) is 5.28. The van der Waals surface area contributed by atoms with E-state index in [1.807, 2.05) is 62.4 Å². The minimum Gasteiger partial charge on any atom is -0.494 e. The molecule has 1 amide bonds. The van der Waals surface area contributed by atoms with Crippen LogP contribution in [0.4, 0.5) is 0 Å². The molecule has 0 saturated carbocycles. The lowest BCUT2D eigenvalue weighted by Crippen LogP contribution is -2.24. The summed E-state index contributed by atoms with van der Waals surface area (Å²) in [7, 11) is 0. The molecule has 1 N–H and O–H groups in total. The number of hydrogen-bond acceptors (Lipinski definition) is 6. The van der Waals surface area contributed by atoms with Gasteiger partial charge in [0.05, 0.1) is 18.4 Å². The number of carbonyl (C=O) groups is 2. The van der Waals surface area contributed by atoms with Crippen LogP contribution in [-0.4, -0.2) is 31.3 Å². The van der Waals surface area contributed by atoms with Gasteiger partial charge in [-0.3, -0.25) is 4.79 Å². The van der Waals surface area contributed by atoms with Crippen LogP contribution in [0.3, 0.4) is 0 Å². The van der Waals surface area contributed by atoms with Crippen LogP contribution in [-0.2, 0) is 4.79 Å². The van der Waals surface area contributed by atoms with Gasteiger partial charge in [-0.1, -0.05) is 42.5 Å². The predicted octanol–water partition coefficient (Wildman–Crippen LogP) is 5.30. The molecule has 0 atom stereocenters. The van der Waals surface area contributed by atoms with Gasteiger partial charge in [0.2, 0.25) is 0 Å². The number of benzene rings is 4. The highest BCUT2D eigenvalue weighted by Gasteiger charge is 2.14. The summed E-state index contributed by atoms with van der Waals surface area (Å²) in [6, 6.07) is 25.4. The number of ether oxygens (including phenoxy) is 3. The molecule has 0 fully saturated rings. The number of hydrazone groups is 1. The van der Waals surface area contributed by atoms with Crippen molar-refractivity contribution < 1.29 is 23.8 Å². The van der Waals surface area contributed by atoms with Crippen LogP contribution in [0.5, 0.6) is 17.2 Å². The Morgan fingerprint density at radius 2 is 1.69 bits per heavy atom. The highest BCUT2D eigenvalue weighted by Crippen LogP contribution is 2.27. The van der Waals surface area contributed by atoms with Gasteiger partial charge in [-0.05, 0) is 72.6 Å². The zero-order chi connectivity index (χ0) is 25.3. The molecule has 7 nitrogen and oxygen atoms in total. The minimum absolute atomic E-state index is 0.185. The van der Waals surface area contributed by atoms with Gasteiger partial charge in [0.15, 0.2) is 6.61 Å². The molecular formula is C29H26N2O5. The van der Waals surface area contributed by atoms with Crippen LogP contribution in [0.15, 0.2) is 90.0 Å². The molecule has 36 heavy (non-hydrogen) atoms. The zero-order valence-electron chi connectivity index (χ0n) is 20.1. The monoisotopic (exact) mass is 482 g/mol. The van der Waals surface area contributed by atoms with Crippen LogP contribution in [0, 0.1) is 6.92 Å². The van der Waals surface area contributed by atoms with Crippen LogP contribution >= 0.6 is 0 Å². The summed E-state index contributed by atoms with van der Waals surface area (Å²) in [5.74, 6) is 0.669. The van der Waals surface area contributed by atoms with Gasteiger partial charge in [0.25, 0.3) is 5.91 Å². The number of rotatable bonds is 9. The molecule has 0 unspecified atom stereocenters. The number of carbonyl (C=O) groups excluding carboxylic acids is 2. The van der Waals surface area contributed by atoms with E-state index in [0.717, 1.165) is 16.3 Å². The van der Waals surface area contributed by atoms with Crippen molar-refractivity contribution >= 4 is 28.9 Å². The van der Waals surface area contributed by atoms with Gasteiger partial charge in [-0.15, -0.1) is 0 Å². The van der Waals surface area contributed by atoms with Crippen molar-refractivity contribution in [3.63, 3.8) is 0 Å². The average molecular weight is 483 g/mol. The van der Waals surface area contributed by atoms with Crippen LogP contribution < -0.4 is 19.6 Å². The Balaban J connectivity index is 1.49. The number of nitrogens with one attached hydrogen (secondary N) is 1. The van der Waals surface area contributed by atoms with E-state index in [-0.39, 0.29) is 6.61 Å². The normalized spacial score (nSPS) is 10.8. The molecule has 0 heterocycles. The van der Waals surface area contributed by atoms with E-state index in [1.165, 1.54) is 6.21 Å². The molecular weight excluding hydrogens is 456 g/mol. The second-order valence-electron chi connectivity index (χ2n) is 7.94. The first kappa shape index (κ1) is 24.5. The van der Waals surface area contributed by atoms with Gasteiger partial charge in [-0.2, -0.15) is 5.10 Å². The van der Waals surface area contributed by atoms with Crippen molar-refractivity contribution in [1.82, 2.24) is 5.43 Å². The molecule has 4 rings (SSSR count). The van der Waals surface area contributed by atoms with E-state index in [4.69, 9.17) is 14.2 Å². The fourth-order valence-corrected chi connectivity index (χ4v) is 3.57. The Morgan fingerprint density at radius 3 is 2.47 bits per heavy atom. The first-order valence-corrected chi connectivity index (χ1v) is 11.5. The SMILES string of the molecule is CCOc1ccc(C(=O)Oc2ccc3ccccc3c2C=NNC(=O)COc2cccc(C)c2)cc1. The number of aryl methyl sites for hydroxylation is 1. The van der Waals surface area contributed by atoms with E-state index < -0.39 is 11.9 Å². The Morgan fingerprint density at radius 1 is 0.889 bits per heavy atom. The molecule has 4 aromatic rings.